The first-order valence-electron chi connectivity index (χ1n) is 8.27. The van der Waals surface area contributed by atoms with Crippen LogP contribution in [0, 0.1) is 5.92 Å². The second-order valence-corrected chi connectivity index (χ2v) is 6.09. The Labute approximate surface area is 137 Å². The van der Waals surface area contributed by atoms with Gasteiger partial charge >= 0.3 is 0 Å². The number of benzene rings is 1. The van der Waals surface area contributed by atoms with Crippen LogP contribution in [0.4, 0.5) is 0 Å². The zero-order chi connectivity index (χ0) is 16.1. The molecule has 1 saturated heterocycles. The van der Waals surface area contributed by atoms with Crippen LogP contribution < -0.4 is 14.8 Å². The maximum Gasteiger partial charge on any atom is 0.251 e. The van der Waals surface area contributed by atoms with Crippen molar-refractivity contribution in [2.24, 2.45) is 5.92 Å². The lowest BCUT2D eigenvalue weighted by Gasteiger charge is -2.31. The van der Waals surface area contributed by atoms with Crippen molar-refractivity contribution in [2.75, 3.05) is 33.0 Å². The Bertz CT molecular complexity index is 578. The van der Waals surface area contributed by atoms with Gasteiger partial charge in [-0.15, -0.1) is 0 Å². The first-order chi connectivity index (χ1) is 11.3. The van der Waals surface area contributed by atoms with E-state index in [4.69, 9.17) is 9.47 Å². The van der Waals surface area contributed by atoms with Crippen molar-refractivity contribution in [1.82, 2.24) is 10.2 Å². The van der Waals surface area contributed by atoms with Crippen LogP contribution in [0.15, 0.2) is 30.4 Å². The number of nitrogens with zero attached hydrogens (tertiary/aromatic N) is 1. The Morgan fingerprint density at radius 3 is 2.87 bits per heavy atom. The van der Waals surface area contributed by atoms with Gasteiger partial charge in [0.05, 0.1) is 0 Å². The summed E-state index contributed by atoms with van der Waals surface area (Å²) in [5, 5.41) is 3.05. The molecule has 1 aromatic carbocycles. The minimum atomic E-state index is -0.0420. The number of nitrogens with one attached hydrogen (secondary N) is 1. The lowest BCUT2D eigenvalue weighted by Crippen LogP contribution is -2.38. The Morgan fingerprint density at radius 1 is 1.30 bits per heavy atom. The van der Waals surface area contributed by atoms with Gasteiger partial charge in [-0.05, 0) is 57.0 Å². The molecule has 2 aliphatic heterocycles. The number of likely N-dealkylation sites (tertiary alicyclic amines) is 1. The van der Waals surface area contributed by atoms with Gasteiger partial charge < -0.3 is 14.8 Å². The molecule has 1 amide bonds. The van der Waals surface area contributed by atoms with Gasteiger partial charge in [0.1, 0.15) is 0 Å². The standard InChI is InChI=1S/C18H24N2O3/c1-2-3-8-20-9-6-14(7-10-20)12-19-18(21)15-4-5-16-17(11-15)23-13-22-16/h2-5,11,14H,6-10,12-13H2,1H3,(H,19,21)/b3-2+. The molecule has 0 spiro atoms. The fraction of sp³-hybridized carbons (Fsp3) is 0.500. The average Bonchev–Trinajstić information content (AvgIpc) is 3.06. The van der Waals surface area contributed by atoms with E-state index in [1.807, 2.05) is 0 Å². The van der Waals surface area contributed by atoms with Crippen molar-refractivity contribution in [1.29, 1.82) is 0 Å². The van der Waals surface area contributed by atoms with Crippen LogP contribution >= 0.6 is 0 Å². The average molecular weight is 316 g/mol. The van der Waals surface area contributed by atoms with Crippen LogP contribution in [-0.2, 0) is 0 Å². The summed E-state index contributed by atoms with van der Waals surface area (Å²) in [6.45, 7) is 6.27. The SMILES string of the molecule is C/C=C/CN1CCC(CNC(=O)c2ccc3c(c2)OCO3)CC1. The van der Waals surface area contributed by atoms with Gasteiger partial charge in [0.15, 0.2) is 11.5 Å². The predicted octanol–water partition coefficient (Wildman–Crippen LogP) is 2.43. The maximum atomic E-state index is 12.3. The molecule has 0 aliphatic carbocycles. The molecule has 3 rings (SSSR count). The van der Waals surface area contributed by atoms with E-state index in [2.05, 4.69) is 29.3 Å². The van der Waals surface area contributed by atoms with Crippen LogP contribution in [0.25, 0.3) is 0 Å². The van der Waals surface area contributed by atoms with Crippen LogP contribution in [0.2, 0.25) is 0 Å². The topological polar surface area (TPSA) is 50.8 Å². The van der Waals surface area contributed by atoms with Gasteiger partial charge in [-0.1, -0.05) is 12.2 Å². The van der Waals surface area contributed by atoms with Crippen molar-refractivity contribution in [3.63, 3.8) is 0 Å². The summed E-state index contributed by atoms with van der Waals surface area (Å²) in [5.41, 5.74) is 0.625. The van der Waals surface area contributed by atoms with Gasteiger partial charge in [-0.25, -0.2) is 0 Å². The summed E-state index contributed by atoms with van der Waals surface area (Å²) in [6.07, 6.45) is 6.57. The molecule has 2 aliphatic rings. The van der Waals surface area contributed by atoms with E-state index in [-0.39, 0.29) is 12.7 Å². The third-order valence-corrected chi connectivity index (χ3v) is 4.49. The number of allylic oxidation sites excluding steroid dienone is 1. The Morgan fingerprint density at radius 2 is 2.09 bits per heavy atom. The second-order valence-electron chi connectivity index (χ2n) is 6.09. The molecule has 1 aromatic rings. The molecular formula is C18H24N2O3. The third-order valence-electron chi connectivity index (χ3n) is 4.49. The van der Waals surface area contributed by atoms with Gasteiger partial charge in [-0.2, -0.15) is 0 Å². The molecule has 1 N–H and O–H groups in total. The fourth-order valence-corrected chi connectivity index (χ4v) is 3.00. The number of carbonyl (C=O) groups excluding carboxylic acids is 1. The number of hydrogen-bond acceptors (Lipinski definition) is 4. The smallest absolute Gasteiger partial charge is 0.251 e. The van der Waals surface area contributed by atoms with Crippen LogP contribution in [0.3, 0.4) is 0 Å². The molecule has 0 radical (unpaired) electrons. The Kier molecular flexibility index (Phi) is 5.18. The Hall–Kier alpha value is -2.01. The largest absolute Gasteiger partial charge is 0.454 e. The monoisotopic (exact) mass is 316 g/mol. The van der Waals surface area contributed by atoms with Gasteiger partial charge in [0.25, 0.3) is 5.91 Å². The van der Waals surface area contributed by atoms with E-state index >= 15 is 0 Å². The number of hydrogen-bond donors (Lipinski definition) is 1. The highest BCUT2D eigenvalue weighted by Crippen LogP contribution is 2.32. The number of carbonyl (C=O) groups is 1. The van der Waals surface area contributed by atoms with Crippen molar-refractivity contribution in [2.45, 2.75) is 19.8 Å². The first-order valence-corrected chi connectivity index (χ1v) is 8.27. The van der Waals surface area contributed by atoms with Crippen molar-refractivity contribution in [3.8, 4) is 11.5 Å². The number of piperidine rings is 1. The zero-order valence-corrected chi connectivity index (χ0v) is 13.6. The molecule has 2 heterocycles. The third kappa shape index (κ3) is 4.05. The van der Waals surface area contributed by atoms with E-state index in [0.29, 0.717) is 23.0 Å². The molecule has 23 heavy (non-hydrogen) atoms. The molecule has 0 unspecified atom stereocenters. The van der Waals surface area contributed by atoms with Gasteiger partial charge in [-0.3, -0.25) is 9.69 Å². The fourth-order valence-electron chi connectivity index (χ4n) is 3.00. The molecule has 0 bridgehead atoms. The normalized spacial score (nSPS) is 18.5. The lowest BCUT2D eigenvalue weighted by atomic mass is 9.96. The minimum absolute atomic E-state index is 0.0420. The summed E-state index contributed by atoms with van der Waals surface area (Å²) in [5.74, 6) is 1.87. The van der Waals surface area contributed by atoms with Gasteiger partial charge in [0.2, 0.25) is 6.79 Å². The van der Waals surface area contributed by atoms with Crippen molar-refractivity contribution >= 4 is 5.91 Å². The number of ether oxygens (including phenoxy) is 2. The predicted molar refractivity (Wildman–Crippen MR) is 88.9 cm³/mol. The van der Waals surface area contributed by atoms with E-state index in [1.165, 1.54) is 0 Å². The van der Waals surface area contributed by atoms with Gasteiger partial charge in [0, 0.05) is 18.7 Å². The van der Waals surface area contributed by atoms with E-state index in [1.54, 1.807) is 18.2 Å². The second kappa shape index (κ2) is 7.51. The molecule has 5 nitrogen and oxygen atoms in total. The van der Waals surface area contributed by atoms with E-state index in [9.17, 15) is 4.79 Å². The highest BCUT2D eigenvalue weighted by Gasteiger charge is 2.20. The number of amides is 1. The summed E-state index contributed by atoms with van der Waals surface area (Å²) in [6, 6.07) is 5.32. The molecule has 5 heteroatoms. The van der Waals surface area contributed by atoms with Crippen molar-refractivity contribution in [3.05, 3.63) is 35.9 Å². The lowest BCUT2D eigenvalue weighted by molar-refractivity contribution is 0.0937. The summed E-state index contributed by atoms with van der Waals surface area (Å²) >= 11 is 0. The van der Waals surface area contributed by atoms with Crippen LogP contribution in [0.1, 0.15) is 30.1 Å². The molecule has 1 fully saturated rings. The van der Waals surface area contributed by atoms with Crippen LogP contribution in [-0.4, -0.2) is 43.8 Å². The van der Waals surface area contributed by atoms with Crippen molar-refractivity contribution < 1.29 is 14.3 Å². The molecular weight excluding hydrogens is 292 g/mol. The zero-order valence-electron chi connectivity index (χ0n) is 13.6. The molecule has 0 saturated carbocycles. The summed E-state index contributed by atoms with van der Waals surface area (Å²) in [7, 11) is 0. The number of rotatable bonds is 5. The molecule has 124 valence electrons. The maximum absolute atomic E-state index is 12.3. The van der Waals surface area contributed by atoms with Crippen LogP contribution in [0.5, 0.6) is 11.5 Å². The highest BCUT2D eigenvalue weighted by molar-refractivity contribution is 5.94. The van der Waals surface area contributed by atoms with E-state index in [0.717, 1.165) is 39.0 Å². The molecule has 0 aromatic heterocycles. The van der Waals surface area contributed by atoms with E-state index < -0.39 is 0 Å². The summed E-state index contributed by atoms with van der Waals surface area (Å²) < 4.78 is 10.6. The summed E-state index contributed by atoms with van der Waals surface area (Å²) in [4.78, 5) is 14.7. The minimum Gasteiger partial charge on any atom is -0.454 e. The quantitative estimate of drug-likeness (QED) is 0.848. The highest BCUT2D eigenvalue weighted by atomic mass is 16.7. The first kappa shape index (κ1) is 15.9. The Balaban J connectivity index is 1.45. The molecule has 0 atom stereocenters. The number of fused-ring (bicyclic) bond motifs is 1.